The number of rotatable bonds is 8. The minimum absolute atomic E-state index is 0.0243. The molecule has 0 atom stereocenters. The summed E-state index contributed by atoms with van der Waals surface area (Å²) >= 11 is 6.23. The van der Waals surface area contributed by atoms with Crippen LogP contribution in [0.3, 0.4) is 0 Å². The molecule has 4 rings (SSSR count). The number of sulfone groups is 1. The van der Waals surface area contributed by atoms with Gasteiger partial charge in [0.25, 0.3) is 0 Å². The molecular formula is C30H30ClNO5S. The second-order valence-corrected chi connectivity index (χ2v) is 12.3. The normalized spacial score (nSPS) is 15.3. The molecule has 1 saturated carbocycles. The highest BCUT2D eigenvalue weighted by molar-refractivity contribution is 7.90. The molecule has 2 N–H and O–H groups in total. The molecule has 0 aromatic heterocycles. The Balaban J connectivity index is 1.53. The summed E-state index contributed by atoms with van der Waals surface area (Å²) in [7, 11) is -3.40. The summed E-state index contributed by atoms with van der Waals surface area (Å²) in [6, 6.07) is 20.0. The Hall–Kier alpha value is -3.42. The number of hydrogen-bond acceptors (Lipinski definition) is 4. The number of carbonyl (C=O) groups is 2. The summed E-state index contributed by atoms with van der Waals surface area (Å²) in [5, 5.41) is 12.2. The van der Waals surface area contributed by atoms with Crippen molar-refractivity contribution in [2.75, 3.05) is 11.6 Å². The first kappa shape index (κ1) is 27.6. The summed E-state index contributed by atoms with van der Waals surface area (Å²) < 4.78 is 23.7. The van der Waals surface area contributed by atoms with Crippen molar-refractivity contribution in [3.63, 3.8) is 0 Å². The van der Waals surface area contributed by atoms with Gasteiger partial charge in [0.1, 0.15) is 0 Å². The smallest absolute Gasteiger partial charge is 0.328 e. The lowest BCUT2D eigenvalue weighted by molar-refractivity contribution is -0.131. The Kier molecular flexibility index (Phi) is 8.38. The lowest BCUT2D eigenvalue weighted by atomic mass is 9.69. The molecule has 1 amide bonds. The molecule has 3 aromatic rings. The van der Waals surface area contributed by atoms with E-state index in [4.69, 9.17) is 16.7 Å². The van der Waals surface area contributed by atoms with Crippen molar-refractivity contribution in [3.8, 4) is 11.1 Å². The molecule has 3 aromatic carbocycles. The largest absolute Gasteiger partial charge is 0.478 e. The van der Waals surface area contributed by atoms with Crippen molar-refractivity contribution >= 4 is 45.1 Å². The van der Waals surface area contributed by atoms with Crippen LogP contribution in [0.1, 0.15) is 43.2 Å². The quantitative estimate of drug-likeness (QED) is 0.306. The van der Waals surface area contributed by atoms with Crippen molar-refractivity contribution in [2.45, 2.75) is 43.4 Å². The number of nitrogens with one attached hydrogen (secondary N) is 1. The Morgan fingerprint density at radius 2 is 1.66 bits per heavy atom. The van der Waals surface area contributed by atoms with Crippen molar-refractivity contribution in [2.24, 2.45) is 5.41 Å². The van der Waals surface area contributed by atoms with Crippen molar-refractivity contribution in [1.82, 2.24) is 0 Å². The van der Waals surface area contributed by atoms with Crippen LogP contribution in [0.5, 0.6) is 0 Å². The van der Waals surface area contributed by atoms with Crippen LogP contribution in [-0.4, -0.2) is 31.7 Å². The highest BCUT2D eigenvalue weighted by Crippen LogP contribution is 2.41. The molecule has 6 nitrogen and oxygen atoms in total. The molecule has 38 heavy (non-hydrogen) atoms. The third-order valence-electron chi connectivity index (χ3n) is 7.02. The van der Waals surface area contributed by atoms with E-state index in [9.17, 15) is 18.0 Å². The van der Waals surface area contributed by atoms with Gasteiger partial charge in [0, 0.05) is 18.0 Å². The average molecular weight is 552 g/mol. The molecule has 1 fully saturated rings. The van der Waals surface area contributed by atoms with E-state index >= 15 is 0 Å². The molecule has 0 heterocycles. The van der Waals surface area contributed by atoms with Crippen LogP contribution in [0.25, 0.3) is 17.2 Å². The minimum Gasteiger partial charge on any atom is -0.478 e. The van der Waals surface area contributed by atoms with E-state index in [1.165, 1.54) is 12.1 Å². The van der Waals surface area contributed by atoms with Gasteiger partial charge in [0.15, 0.2) is 9.84 Å². The first-order valence-corrected chi connectivity index (χ1v) is 14.7. The standard InChI is InChI=1S/C30H30ClNO5S/c1-38(36,37)27-14-13-24(19-26(27)31)23-11-8-22(9-12-23)20-30(16-3-2-4-17-30)29(35)32-25-7-5-6-21(18-25)10-15-28(33)34/h5-15,18-19H,2-4,16-17,20H2,1H3,(H,32,35)(H,33,34)/b15-10+. The molecule has 0 saturated heterocycles. The van der Waals surface area contributed by atoms with Crippen LogP contribution in [0, 0.1) is 5.41 Å². The fourth-order valence-corrected chi connectivity index (χ4v) is 6.38. The van der Waals surface area contributed by atoms with Gasteiger partial charge in [-0.3, -0.25) is 4.79 Å². The van der Waals surface area contributed by atoms with Gasteiger partial charge in [-0.1, -0.05) is 73.3 Å². The maximum absolute atomic E-state index is 13.6. The summed E-state index contributed by atoms with van der Waals surface area (Å²) in [5.74, 6) is -1.05. The number of halogens is 1. The fourth-order valence-electron chi connectivity index (χ4n) is 5.05. The Morgan fingerprint density at radius 1 is 0.974 bits per heavy atom. The first-order chi connectivity index (χ1) is 18.1. The van der Waals surface area contributed by atoms with Crippen molar-refractivity contribution in [1.29, 1.82) is 0 Å². The Labute approximate surface area is 228 Å². The van der Waals surface area contributed by atoms with Gasteiger partial charge in [-0.25, -0.2) is 13.2 Å². The van der Waals surface area contributed by atoms with Gasteiger partial charge >= 0.3 is 5.97 Å². The number of carboxylic acids is 1. The summed E-state index contributed by atoms with van der Waals surface area (Å²) in [5.41, 5.74) is 3.57. The maximum Gasteiger partial charge on any atom is 0.328 e. The summed E-state index contributed by atoms with van der Waals surface area (Å²) in [6.07, 6.45) is 8.96. The van der Waals surface area contributed by atoms with E-state index in [1.54, 1.807) is 30.3 Å². The molecule has 1 aliphatic carbocycles. The topological polar surface area (TPSA) is 101 Å². The highest BCUT2D eigenvalue weighted by Gasteiger charge is 2.39. The van der Waals surface area contributed by atoms with Crippen LogP contribution < -0.4 is 5.32 Å². The van der Waals surface area contributed by atoms with E-state index in [1.807, 2.05) is 30.3 Å². The zero-order valence-electron chi connectivity index (χ0n) is 21.1. The van der Waals surface area contributed by atoms with Crippen molar-refractivity contribution < 1.29 is 23.1 Å². The molecule has 0 radical (unpaired) electrons. The number of carboxylic acid groups (broad SMARTS) is 1. The predicted octanol–water partition coefficient (Wildman–Crippen LogP) is 6.64. The summed E-state index contributed by atoms with van der Waals surface area (Å²) in [4.78, 5) is 24.6. The number of aliphatic carboxylic acids is 1. The molecule has 0 spiro atoms. The number of hydrogen-bond donors (Lipinski definition) is 2. The number of carbonyl (C=O) groups excluding carboxylic acids is 1. The minimum atomic E-state index is -3.40. The number of amides is 1. The van der Waals surface area contributed by atoms with Gasteiger partial charge in [0.2, 0.25) is 5.91 Å². The first-order valence-electron chi connectivity index (χ1n) is 12.5. The molecular weight excluding hydrogens is 522 g/mol. The van der Waals surface area contributed by atoms with Gasteiger partial charge in [-0.2, -0.15) is 0 Å². The average Bonchev–Trinajstić information content (AvgIpc) is 2.88. The third-order valence-corrected chi connectivity index (χ3v) is 8.60. The Bertz CT molecular complexity index is 1470. The lowest BCUT2D eigenvalue weighted by Gasteiger charge is -2.36. The molecule has 1 aliphatic rings. The number of benzene rings is 3. The highest BCUT2D eigenvalue weighted by atomic mass is 35.5. The zero-order chi connectivity index (χ0) is 27.3. The SMILES string of the molecule is CS(=O)(=O)c1ccc(-c2ccc(CC3(C(=O)Nc4cccc(/C=C/C(=O)O)c4)CCCCC3)cc2)cc1Cl. The van der Waals surface area contributed by atoms with Crippen LogP contribution in [-0.2, 0) is 25.8 Å². The predicted molar refractivity (Wildman–Crippen MR) is 151 cm³/mol. The summed E-state index contributed by atoms with van der Waals surface area (Å²) in [6.45, 7) is 0. The molecule has 0 bridgehead atoms. The molecule has 0 unspecified atom stereocenters. The van der Waals surface area contributed by atoms with Gasteiger partial charge in [-0.05, 0) is 71.9 Å². The van der Waals surface area contributed by atoms with Crippen molar-refractivity contribution in [3.05, 3.63) is 89.0 Å². The van der Waals surface area contributed by atoms with Crippen LogP contribution in [0.15, 0.2) is 77.7 Å². The maximum atomic E-state index is 13.6. The van der Waals surface area contributed by atoms with E-state index < -0.39 is 21.2 Å². The lowest BCUT2D eigenvalue weighted by Crippen LogP contribution is -2.40. The second kappa shape index (κ2) is 11.5. The van der Waals surface area contributed by atoms with E-state index in [2.05, 4.69) is 5.32 Å². The number of anilines is 1. The van der Waals surface area contributed by atoms with E-state index in [-0.39, 0.29) is 15.8 Å². The van der Waals surface area contributed by atoms with Gasteiger partial charge < -0.3 is 10.4 Å². The fraction of sp³-hybridized carbons (Fsp3) is 0.267. The third kappa shape index (κ3) is 6.71. The zero-order valence-corrected chi connectivity index (χ0v) is 22.7. The molecule has 8 heteroatoms. The van der Waals surface area contributed by atoms with Crippen LogP contribution >= 0.6 is 11.6 Å². The second-order valence-electron chi connectivity index (χ2n) is 9.88. The van der Waals surface area contributed by atoms with E-state index in [0.29, 0.717) is 17.7 Å². The van der Waals surface area contributed by atoms with Gasteiger partial charge in [0.05, 0.1) is 15.3 Å². The van der Waals surface area contributed by atoms with E-state index in [0.717, 1.165) is 61.1 Å². The van der Waals surface area contributed by atoms with Crippen LogP contribution in [0.4, 0.5) is 5.69 Å². The van der Waals surface area contributed by atoms with Crippen LogP contribution in [0.2, 0.25) is 5.02 Å². The Morgan fingerprint density at radius 3 is 2.29 bits per heavy atom. The van der Waals surface area contributed by atoms with Gasteiger partial charge in [-0.15, -0.1) is 0 Å². The molecule has 198 valence electrons. The monoisotopic (exact) mass is 551 g/mol. The molecule has 0 aliphatic heterocycles.